The molecular weight excluding hydrogens is 595 g/mol. The van der Waals surface area contributed by atoms with Crippen molar-refractivity contribution in [3.8, 4) is 5.75 Å². The Morgan fingerprint density at radius 2 is 1.68 bits per heavy atom. The molecule has 2 amide bonds. The highest BCUT2D eigenvalue weighted by atomic mass is 127. The van der Waals surface area contributed by atoms with Crippen LogP contribution in [0.1, 0.15) is 16.7 Å². The summed E-state index contributed by atoms with van der Waals surface area (Å²) in [5.74, 6) is -2.00. The second-order valence-corrected chi connectivity index (χ2v) is 9.81. The highest BCUT2D eigenvalue weighted by Gasteiger charge is 2.22. The van der Waals surface area contributed by atoms with Gasteiger partial charge in [-0.25, -0.2) is 8.78 Å². The number of primary amides is 1. The molecule has 0 spiro atoms. The lowest BCUT2D eigenvalue weighted by Gasteiger charge is -2.25. The lowest BCUT2D eigenvalue weighted by Crippen LogP contribution is -2.49. The van der Waals surface area contributed by atoms with Crippen LogP contribution in [0.3, 0.4) is 0 Å². The van der Waals surface area contributed by atoms with Gasteiger partial charge in [-0.15, -0.1) is 0 Å². The summed E-state index contributed by atoms with van der Waals surface area (Å²) in [6.07, 6.45) is -0.985. The van der Waals surface area contributed by atoms with Crippen molar-refractivity contribution >= 4 is 34.4 Å². The molecule has 0 aliphatic rings. The van der Waals surface area contributed by atoms with Crippen LogP contribution in [0, 0.1) is 15.2 Å². The standard InChI is InChI=1S/C27H28F2IN3O4/c28-20-8-19(9-21(29)13-20)11-24(25(34)15-32-14-18-2-1-3-22(30)10-18)33-27(36)12-17-4-6-23(7-5-17)37-16-26(31)35/h1-10,13,24-25,32,34H,11-12,14-16H2,(H2,31,35)(H,33,36)/t24-,25+/m0/s1. The van der Waals surface area contributed by atoms with Crippen LogP contribution in [0.2, 0.25) is 0 Å². The number of rotatable bonds is 13. The molecule has 0 bridgehead atoms. The van der Waals surface area contributed by atoms with Gasteiger partial charge in [0.05, 0.1) is 18.6 Å². The number of carbonyl (C=O) groups is 2. The number of carbonyl (C=O) groups excluding carboxylic acids is 2. The fourth-order valence-electron chi connectivity index (χ4n) is 3.72. The molecule has 0 aliphatic carbocycles. The molecule has 0 aromatic heterocycles. The van der Waals surface area contributed by atoms with E-state index in [1.807, 2.05) is 24.3 Å². The third-order valence-corrected chi connectivity index (χ3v) is 6.10. The number of nitrogens with two attached hydrogens (primary N) is 1. The van der Waals surface area contributed by atoms with Crippen LogP contribution in [-0.4, -0.2) is 42.2 Å². The number of aliphatic hydroxyl groups is 1. The summed E-state index contributed by atoms with van der Waals surface area (Å²) in [5.41, 5.74) is 7.09. The van der Waals surface area contributed by atoms with Crippen molar-refractivity contribution < 1.29 is 28.2 Å². The third-order valence-electron chi connectivity index (χ3n) is 5.43. The minimum Gasteiger partial charge on any atom is -0.484 e. The van der Waals surface area contributed by atoms with Gasteiger partial charge in [-0.3, -0.25) is 9.59 Å². The predicted molar refractivity (Wildman–Crippen MR) is 144 cm³/mol. The van der Waals surface area contributed by atoms with Crippen molar-refractivity contribution in [3.05, 3.63) is 98.6 Å². The highest BCUT2D eigenvalue weighted by molar-refractivity contribution is 14.1. The average molecular weight is 623 g/mol. The van der Waals surface area contributed by atoms with Crippen molar-refractivity contribution in [2.45, 2.75) is 31.5 Å². The van der Waals surface area contributed by atoms with E-state index in [1.165, 1.54) is 12.1 Å². The maximum Gasteiger partial charge on any atom is 0.255 e. The van der Waals surface area contributed by atoms with Crippen LogP contribution in [0.25, 0.3) is 0 Å². The summed E-state index contributed by atoms with van der Waals surface area (Å²) in [5, 5.41) is 16.8. The van der Waals surface area contributed by atoms with Gasteiger partial charge < -0.3 is 26.2 Å². The quantitative estimate of drug-likeness (QED) is 0.219. The molecule has 7 nitrogen and oxygen atoms in total. The maximum atomic E-state index is 13.7. The molecule has 0 aliphatic heterocycles. The molecule has 3 aromatic rings. The SMILES string of the molecule is NC(=O)COc1ccc(CC(=O)N[C@@H](Cc2cc(F)cc(F)c2)[C@H](O)CNCc2cccc(I)c2)cc1. The second kappa shape index (κ2) is 14.0. The van der Waals surface area contributed by atoms with Crippen LogP contribution in [0.15, 0.2) is 66.7 Å². The zero-order valence-electron chi connectivity index (χ0n) is 19.9. The maximum absolute atomic E-state index is 13.7. The first-order chi connectivity index (χ1) is 17.7. The normalized spacial score (nSPS) is 12.5. The Morgan fingerprint density at radius 1 is 0.973 bits per heavy atom. The average Bonchev–Trinajstić information content (AvgIpc) is 2.82. The number of nitrogens with one attached hydrogen (secondary N) is 2. The summed E-state index contributed by atoms with van der Waals surface area (Å²) >= 11 is 2.22. The number of hydrogen-bond donors (Lipinski definition) is 4. The summed E-state index contributed by atoms with van der Waals surface area (Å²) in [6, 6.07) is 16.8. The molecule has 3 rings (SSSR count). The fraction of sp³-hybridized carbons (Fsp3) is 0.259. The van der Waals surface area contributed by atoms with Gasteiger partial charge in [0.25, 0.3) is 5.91 Å². The smallest absolute Gasteiger partial charge is 0.255 e. The summed E-state index contributed by atoms with van der Waals surface area (Å²) < 4.78 is 33.8. The van der Waals surface area contributed by atoms with Crippen molar-refractivity contribution in [3.63, 3.8) is 0 Å². The number of benzene rings is 3. The Morgan fingerprint density at radius 3 is 2.32 bits per heavy atom. The summed E-state index contributed by atoms with van der Waals surface area (Å²) in [7, 11) is 0. The second-order valence-electron chi connectivity index (χ2n) is 8.56. The Labute approximate surface area is 227 Å². The van der Waals surface area contributed by atoms with Crippen molar-refractivity contribution in [1.29, 1.82) is 0 Å². The van der Waals surface area contributed by atoms with E-state index in [-0.39, 0.29) is 31.9 Å². The lowest BCUT2D eigenvalue weighted by molar-refractivity contribution is -0.122. The zero-order chi connectivity index (χ0) is 26.8. The van der Waals surface area contributed by atoms with E-state index in [0.29, 0.717) is 23.4 Å². The topological polar surface area (TPSA) is 114 Å². The monoisotopic (exact) mass is 623 g/mol. The molecule has 3 aromatic carbocycles. The van der Waals surface area contributed by atoms with Crippen LogP contribution in [0.4, 0.5) is 8.78 Å². The summed E-state index contributed by atoms with van der Waals surface area (Å²) in [6.45, 7) is 0.408. The molecular formula is C27H28F2IN3O4. The number of aliphatic hydroxyl groups excluding tert-OH is 1. The van der Waals surface area contributed by atoms with Gasteiger partial charge in [-0.05, 0) is 82.1 Å². The highest BCUT2D eigenvalue weighted by Crippen LogP contribution is 2.15. The molecule has 0 saturated carbocycles. The molecule has 196 valence electrons. The fourth-order valence-corrected chi connectivity index (χ4v) is 4.33. The van der Waals surface area contributed by atoms with Crippen LogP contribution in [0.5, 0.6) is 5.75 Å². The molecule has 0 radical (unpaired) electrons. The number of amides is 2. The minimum atomic E-state index is -1.03. The van der Waals surface area contributed by atoms with Crippen LogP contribution >= 0.6 is 22.6 Å². The van der Waals surface area contributed by atoms with Crippen LogP contribution < -0.4 is 21.1 Å². The Hall–Kier alpha value is -3.09. The van der Waals surface area contributed by atoms with Gasteiger partial charge >= 0.3 is 0 Å². The van der Waals surface area contributed by atoms with E-state index >= 15 is 0 Å². The molecule has 37 heavy (non-hydrogen) atoms. The number of halogens is 3. The largest absolute Gasteiger partial charge is 0.484 e. The Balaban J connectivity index is 1.63. The van der Waals surface area contributed by atoms with Gasteiger partial charge in [0.1, 0.15) is 17.4 Å². The van der Waals surface area contributed by atoms with Crippen molar-refractivity contribution in [2.75, 3.05) is 13.2 Å². The van der Waals surface area contributed by atoms with E-state index in [2.05, 4.69) is 33.2 Å². The van der Waals surface area contributed by atoms with Gasteiger partial charge in [0, 0.05) is 22.7 Å². The molecule has 0 fully saturated rings. The molecule has 5 N–H and O–H groups in total. The molecule has 0 unspecified atom stereocenters. The number of ether oxygens (including phenoxy) is 1. The van der Waals surface area contributed by atoms with E-state index in [0.717, 1.165) is 15.2 Å². The molecule has 0 saturated heterocycles. The van der Waals surface area contributed by atoms with E-state index < -0.39 is 29.7 Å². The minimum absolute atomic E-state index is 0.00666. The third kappa shape index (κ3) is 10.1. The van der Waals surface area contributed by atoms with Crippen molar-refractivity contribution in [2.24, 2.45) is 5.73 Å². The summed E-state index contributed by atoms with van der Waals surface area (Å²) in [4.78, 5) is 23.6. The van der Waals surface area contributed by atoms with E-state index in [9.17, 15) is 23.5 Å². The molecule has 2 atom stereocenters. The zero-order valence-corrected chi connectivity index (χ0v) is 22.1. The van der Waals surface area contributed by atoms with Crippen LogP contribution in [-0.2, 0) is 29.0 Å². The first kappa shape index (κ1) is 28.5. The Kier molecular flexibility index (Phi) is 10.8. The van der Waals surface area contributed by atoms with Gasteiger partial charge in [0.15, 0.2) is 6.61 Å². The lowest BCUT2D eigenvalue weighted by atomic mass is 10.00. The first-order valence-electron chi connectivity index (χ1n) is 11.6. The van der Waals surface area contributed by atoms with Crippen molar-refractivity contribution in [1.82, 2.24) is 10.6 Å². The molecule has 10 heteroatoms. The molecule has 0 heterocycles. The van der Waals surface area contributed by atoms with Gasteiger partial charge in [0.2, 0.25) is 5.91 Å². The van der Waals surface area contributed by atoms with E-state index in [4.69, 9.17) is 10.5 Å². The first-order valence-corrected chi connectivity index (χ1v) is 12.6. The predicted octanol–water partition coefficient (Wildman–Crippen LogP) is 2.85. The van der Waals surface area contributed by atoms with Gasteiger partial charge in [-0.2, -0.15) is 0 Å². The van der Waals surface area contributed by atoms with Gasteiger partial charge in [-0.1, -0.05) is 24.3 Å². The Bertz CT molecular complexity index is 1190. The number of hydrogen-bond acceptors (Lipinski definition) is 5. The van der Waals surface area contributed by atoms with E-state index in [1.54, 1.807) is 24.3 Å².